The highest BCUT2D eigenvalue weighted by Crippen LogP contribution is 2.49. The Balaban J connectivity index is 2.38. The maximum atomic E-state index is 13.1. The third-order valence-electron chi connectivity index (χ3n) is 4.53. The van der Waals surface area contributed by atoms with E-state index in [1.807, 2.05) is 0 Å². The van der Waals surface area contributed by atoms with Gasteiger partial charge in [0.2, 0.25) is 5.65 Å². The second kappa shape index (κ2) is 10.9. The van der Waals surface area contributed by atoms with Gasteiger partial charge in [-0.1, -0.05) is 20.8 Å². The number of imidazole rings is 1. The molecule has 0 spiro atoms. The Bertz CT molecular complexity index is 878. The normalized spacial score (nSPS) is 14.8. The number of aromatic nitrogens is 4. The smallest absolute Gasteiger partial charge is 0.330 e. The first-order valence-corrected chi connectivity index (χ1v) is 15.2. The van der Waals surface area contributed by atoms with E-state index >= 15 is 0 Å². The summed E-state index contributed by atoms with van der Waals surface area (Å²) in [6.45, 7) is 14.7. The number of nitrogen functional groups attached to an aromatic ring is 1. The topological polar surface area (TPSA) is 124 Å². The second-order valence-corrected chi connectivity index (χ2v) is 13.1. The molecule has 10 nitrogen and oxygen atoms in total. The molecule has 0 bridgehead atoms. The van der Waals surface area contributed by atoms with Crippen LogP contribution in [0, 0.1) is 5.41 Å². The van der Waals surface area contributed by atoms with Crippen LogP contribution in [-0.2, 0) is 18.0 Å². The monoisotopic (exact) mass is 473 g/mol. The summed E-state index contributed by atoms with van der Waals surface area (Å²) < 4.78 is 31.9. The minimum absolute atomic E-state index is 0.207. The van der Waals surface area contributed by atoms with Crippen molar-refractivity contribution in [1.82, 2.24) is 19.7 Å². The molecule has 2 aromatic heterocycles. The number of fused-ring (bicyclic) bond motifs is 1. The van der Waals surface area contributed by atoms with E-state index in [2.05, 4.69) is 48.8 Å². The van der Waals surface area contributed by atoms with Gasteiger partial charge in [0.1, 0.15) is 12.7 Å². The van der Waals surface area contributed by atoms with E-state index in [9.17, 15) is 4.57 Å². The van der Waals surface area contributed by atoms with E-state index in [0.29, 0.717) is 30.8 Å². The van der Waals surface area contributed by atoms with Gasteiger partial charge in [0.15, 0.2) is 26.5 Å². The lowest BCUT2D eigenvalue weighted by Crippen LogP contribution is -2.48. The Morgan fingerprint density at radius 1 is 1.16 bits per heavy atom. The van der Waals surface area contributed by atoms with Crippen LogP contribution in [0.1, 0.15) is 41.0 Å². The molecule has 31 heavy (non-hydrogen) atoms. The number of rotatable bonds is 12. The van der Waals surface area contributed by atoms with Crippen molar-refractivity contribution in [2.45, 2.75) is 66.3 Å². The Kier molecular flexibility index (Phi) is 9.02. The van der Waals surface area contributed by atoms with Gasteiger partial charge < -0.3 is 24.0 Å². The maximum Gasteiger partial charge on any atom is 0.330 e. The minimum Gasteiger partial charge on any atom is -0.413 e. The van der Waals surface area contributed by atoms with E-state index in [1.54, 1.807) is 13.8 Å². The van der Waals surface area contributed by atoms with Crippen LogP contribution in [0.15, 0.2) is 12.7 Å². The number of anilines is 1. The van der Waals surface area contributed by atoms with Crippen LogP contribution in [0.3, 0.4) is 0 Å². The first kappa shape index (κ1) is 25.7. The molecule has 12 heteroatoms. The fourth-order valence-corrected chi connectivity index (χ4v) is 6.16. The minimum atomic E-state index is -3.24. The predicted octanol–water partition coefficient (Wildman–Crippen LogP) is 3.28. The lowest BCUT2D eigenvalue weighted by molar-refractivity contribution is -0.0733. The quantitative estimate of drug-likeness (QED) is 0.365. The fourth-order valence-electron chi connectivity index (χ4n) is 3.30. The van der Waals surface area contributed by atoms with Crippen LogP contribution in [0.25, 0.3) is 11.2 Å². The Morgan fingerprint density at radius 3 is 2.35 bits per heavy atom. The molecular weight excluding hydrogens is 437 g/mol. The number of nitrogens with two attached hydrogens (primary N) is 1. The lowest BCUT2D eigenvalue weighted by atomic mass is 9.85. The molecule has 2 heterocycles. The van der Waals surface area contributed by atoms with Gasteiger partial charge >= 0.3 is 7.60 Å². The summed E-state index contributed by atoms with van der Waals surface area (Å²) in [7, 11) is -4.65. The van der Waals surface area contributed by atoms with Crippen LogP contribution < -0.4 is 10.6 Å². The van der Waals surface area contributed by atoms with Gasteiger partial charge in [0.25, 0.3) is 0 Å². The van der Waals surface area contributed by atoms with E-state index < -0.39 is 22.7 Å². The van der Waals surface area contributed by atoms with Crippen LogP contribution in [0.2, 0.25) is 13.1 Å². The highest BCUT2D eigenvalue weighted by molar-refractivity contribution is 7.53. The standard InChI is InChI=1S/C19H36N5O5PSi/c1-8-26-30(25,27-9-2)11-10-14(16(19(3,4)5)29-31(6)7)28-24-13-23-15-17(20)21-12-22-18(15)24/h12-14,16,31H,8-11H2,1-7H3,(H2,20,21,22). The molecule has 176 valence electrons. The zero-order valence-corrected chi connectivity index (χ0v) is 21.6. The Morgan fingerprint density at radius 2 is 1.81 bits per heavy atom. The van der Waals surface area contributed by atoms with Crippen LogP contribution >= 0.6 is 7.60 Å². The second-order valence-electron chi connectivity index (χ2n) is 8.58. The molecule has 2 N–H and O–H groups in total. The maximum absolute atomic E-state index is 13.1. The third kappa shape index (κ3) is 6.98. The molecule has 0 saturated heterocycles. The first-order valence-electron chi connectivity index (χ1n) is 10.6. The zero-order chi connectivity index (χ0) is 23.2. The molecule has 0 aliphatic carbocycles. The summed E-state index contributed by atoms with van der Waals surface area (Å²) in [5.41, 5.74) is 6.60. The molecule has 0 amide bonds. The molecule has 0 aliphatic heterocycles. The van der Waals surface area contributed by atoms with Gasteiger partial charge in [-0.2, -0.15) is 4.73 Å². The number of hydrogen-bond donors (Lipinski definition) is 1. The van der Waals surface area contributed by atoms with Crippen molar-refractivity contribution >= 4 is 33.6 Å². The summed E-state index contributed by atoms with van der Waals surface area (Å²) in [6, 6.07) is 0. The number of hydrogen-bond acceptors (Lipinski definition) is 9. The van der Waals surface area contributed by atoms with E-state index in [1.165, 1.54) is 17.4 Å². The Labute approximate surface area is 186 Å². The SMILES string of the molecule is CCOP(=O)(CCC(On1cnc2c(N)ncnc21)C(O[SiH](C)C)C(C)(C)C)OCC. The van der Waals surface area contributed by atoms with Crippen molar-refractivity contribution in [1.29, 1.82) is 0 Å². The highest BCUT2D eigenvalue weighted by Gasteiger charge is 2.38. The summed E-state index contributed by atoms with van der Waals surface area (Å²) in [5.74, 6) is 0.277. The molecule has 0 aliphatic rings. The van der Waals surface area contributed by atoms with Gasteiger partial charge in [-0.3, -0.25) is 4.57 Å². The molecule has 2 rings (SSSR count). The van der Waals surface area contributed by atoms with Crippen molar-refractivity contribution in [2.75, 3.05) is 25.1 Å². The van der Waals surface area contributed by atoms with Crippen molar-refractivity contribution < 1.29 is 22.9 Å². The van der Waals surface area contributed by atoms with Gasteiger partial charge in [0.05, 0.1) is 25.5 Å². The van der Waals surface area contributed by atoms with Crippen molar-refractivity contribution in [3.63, 3.8) is 0 Å². The van der Waals surface area contributed by atoms with Gasteiger partial charge in [-0.25, -0.2) is 15.0 Å². The molecular formula is C19H36N5O5PSi. The van der Waals surface area contributed by atoms with E-state index in [4.69, 9.17) is 24.0 Å². The van der Waals surface area contributed by atoms with Gasteiger partial charge in [-0.15, -0.1) is 0 Å². The Hall–Kier alpha value is -1.52. The van der Waals surface area contributed by atoms with Crippen molar-refractivity contribution in [3.05, 3.63) is 12.7 Å². The summed E-state index contributed by atoms with van der Waals surface area (Å²) >= 11 is 0. The van der Waals surface area contributed by atoms with Gasteiger partial charge in [-0.05, 0) is 32.4 Å². The fraction of sp³-hybridized carbons (Fsp3) is 0.737. The molecule has 2 atom stereocenters. The zero-order valence-electron chi connectivity index (χ0n) is 19.6. The van der Waals surface area contributed by atoms with Crippen LogP contribution in [-0.4, -0.2) is 60.3 Å². The summed E-state index contributed by atoms with van der Waals surface area (Å²) in [4.78, 5) is 18.8. The first-order chi connectivity index (χ1) is 14.5. The van der Waals surface area contributed by atoms with Crippen LogP contribution in [0.5, 0.6) is 0 Å². The summed E-state index contributed by atoms with van der Waals surface area (Å²) in [5, 5.41) is 0. The van der Waals surface area contributed by atoms with Crippen LogP contribution in [0.4, 0.5) is 5.82 Å². The number of nitrogens with zero attached hydrogens (tertiary/aromatic N) is 4. The lowest BCUT2D eigenvalue weighted by Gasteiger charge is -2.38. The molecule has 0 radical (unpaired) electrons. The average Bonchev–Trinajstić information content (AvgIpc) is 3.07. The predicted molar refractivity (Wildman–Crippen MR) is 124 cm³/mol. The molecule has 2 aromatic rings. The van der Waals surface area contributed by atoms with E-state index in [-0.39, 0.29) is 23.5 Å². The van der Waals surface area contributed by atoms with E-state index in [0.717, 1.165) is 0 Å². The summed E-state index contributed by atoms with van der Waals surface area (Å²) in [6.07, 6.45) is 2.79. The molecule has 2 unspecified atom stereocenters. The molecule has 0 fully saturated rings. The third-order valence-corrected chi connectivity index (χ3v) is 7.48. The molecule has 0 saturated carbocycles. The molecule has 0 aromatic carbocycles. The average molecular weight is 474 g/mol. The van der Waals surface area contributed by atoms with Gasteiger partial charge in [0, 0.05) is 6.42 Å². The van der Waals surface area contributed by atoms with Crippen molar-refractivity contribution in [3.8, 4) is 0 Å². The highest BCUT2D eigenvalue weighted by atomic mass is 31.2. The largest absolute Gasteiger partial charge is 0.413 e. The van der Waals surface area contributed by atoms with Crippen molar-refractivity contribution in [2.24, 2.45) is 5.41 Å².